The zero-order valence-corrected chi connectivity index (χ0v) is 20.5. The Hall–Kier alpha value is -2.19. The zero-order valence-electron chi connectivity index (χ0n) is 18.9. The predicted octanol–water partition coefficient (Wildman–Crippen LogP) is 1.02. The fourth-order valence-electron chi connectivity index (χ4n) is 4.74. The van der Waals surface area contributed by atoms with Crippen LogP contribution in [0.5, 0.6) is 0 Å². The SMILES string of the molecule is Cc1nn(C(C)OS(=O)(=O)CC2C[N+](C)(C)CC2CS(=O)(=O)[O-])c2nc3ccccc3nc12. The lowest BCUT2D eigenvalue weighted by molar-refractivity contribution is -0.880. The maximum Gasteiger partial charge on any atom is 0.269 e. The van der Waals surface area contributed by atoms with Gasteiger partial charge in [0.15, 0.2) is 11.9 Å². The molecule has 3 atom stereocenters. The van der Waals surface area contributed by atoms with Crippen molar-refractivity contribution in [3.05, 3.63) is 30.0 Å². The predicted molar refractivity (Wildman–Crippen MR) is 121 cm³/mol. The molecule has 0 aliphatic carbocycles. The van der Waals surface area contributed by atoms with Gasteiger partial charge in [-0.25, -0.2) is 27.3 Å². The monoisotopic (exact) mass is 497 g/mol. The van der Waals surface area contributed by atoms with Gasteiger partial charge in [-0.1, -0.05) is 12.1 Å². The molecule has 1 aliphatic rings. The molecule has 1 fully saturated rings. The molecule has 3 heterocycles. The molecule has 0 spiro atoms. The number of hydrogen-bond donors (Lipinski definition) is 0. The van der Waals surface area contributed by atoms with E-state index in [1.165, 1.54) is 4.68 Å². The molecule has 0 radical (unpaired) electrons. The number of quaternary nitrogens is 1. The molecule has 0 amide bonds. The number of aryl methyl sites for hydroxylation is 1. The minimum atomic E-state index is -4.48. The van der Waals surface area contributed by atoms with Crippen molar-refractivity contribution in [2.24, 2.45) is 11.8 Å². The molecule has 0 N–H and O–H groups in total. The van der Waals surface area contributed by atoms with Gasteiger partial charge in [-0.15, -0.1) is 0 Å². The Bertz CT molecular complexity index is 1420. The lowest BCUT2D eigenvalue weighted by Crippen LogP contribution is -2.37. The first-order chi connectivity index (χ1) is 15.2. The molecule has 1 saturated heterocycles. The molecule has 0 bridgehead atoms. The van der Waals surface area contributed by atoms with Crippen molar-refractivity contribution in [1.29, 1.82) is 0 Å². The first-order valence-corrected chi connectivity index (χ1v) is 13.7. The van der Waals surface area contributed by atoms with Gasteiger partial charge in [0, 0.05) is 17.6 Å². The van der Waals surface area contributed by atoms with Gasteiger partial charge in [-0.2, -0.15) is 13.5 Å². The molecule has 180 valence electrons. The quantitative estimate of drug-likeness (QED) is 0.265. The molecular weight excluding hydrogens is 470 g/mol. The third-order valence-corrected chi connectivity index (χ3v) is 8.20. The highest BCUT2D eigenvalue weighted by Crippen LogP contribution is 2.31. The van der Waals surface area contributed by atoms with E-state index in [0.717, 1.165) is 0 Å². The second kappa shape index (κ2) is 8.24. The normalized spacial score (nSPS) is 22.2. The van der Waals surface area contributed by atoms with Gasteiger partial charge in [0.05, 0.1) is 59.8 Å². The van der Waals surface area contributed by atoms with E-state index in [-0.39, 0.29) is 5.75 Å². The average molecular weight is 498 g/mol. The number of para-hydroxylation sites is 2. The van der Waals surface area contributed by atoms with Crippen molar-refractivity contribution in [2.75, 3.05) is 38.7 Å². The summed E-state index contributed by atoms with van der Waals surface area (Å²) in [5.74, 6) is -2.04. The van der Waals surface area contributed by atoms with Gasteiger partial charge >= 0.3 is 0 Å². The third kappa shape index (κ3) is 5.32. The number of hydrogen-bond acceptors (Lipinski definition) is 9. The Kier molecular flexibility index (Phi) is 5.98. The van der Waals surface area contributed by atoms with Crippen LogP contribution in [0.25, 0.3) is 22.2 Å². The second-order valence-electron chi connectivity index (χ2n) is 9.38. The van der Waals surface area contributed by atoms with Crippen LogP contribution in [0.15, 0.2) is 24.3 Å². The molecule has 2 aromatic heterocycles. The van der Waals surface area contributed by atoms with E-state index in [1.54, 1.807) is 19.9 Å². The van der Waals surface area contributed by atoms with E-state index in [0.29, 0.717) is 45.5 Å². The van der Waals surface area contributed by atoms with Crippen LogP contribution in [0.3, 0.4) is 0 Å². The Labute approximate surface area is 192 Å². The molecule has 3 unspecified atom stereocenters. The highest BCUT2D eigenvalue weighted by atomic mass is 32.2. The van der Waals surface area contributed by atoms with Crippen molar-refractivity contribution in [3.8, 4) is 0 Å². The van der Waals surface area contributed by atoms with Crippen LogP contribution < -0.4 is 0 Å². The lowest BCUT2D eigenvalue weighted by atomic mass is 10.0. The highest BCUT2D eigenvalue weighted by molar-refractivity contribution is 7.86. The summed E-state index contributed by atoms with van der Waals surface area (Å²) in [6.07, 6.45) is -0.993. The summed E-state index contributed by atoms with van der Waals surface area (Å²) in [6.45, 7) is 4.14. The maximum atomic E-state index is 12.9. The summed E-state index contributed by atoms with van der Waals surface area (Å²) >= 11 is 0. The molecule has 13 heteroatoms. The number of nitrogens with zero attached hydrogens (tertiary/aromatic N) is 5. The highest BCUT2D eigenvalue weighted by Gasteiger charge is 2.43. The van der Waals surface area contributed by atoms with E-state index >= 15 is 0 Å². The van der Waals surface area contributed by atoms with Gasteiger partial charge in [0.25, 0.3) is 10.1 Å². The number of aromatic nitrogens is 4. The Morgan fingerprint density at radius 2 is 1.67 bits per heavy atom. The van der Waals surface area contributed by atoms with Crippen molar-refractivity contribution in [2.45, 2.75) is 20.1 Å². The van der Waals surface area contributed by atoms with Gasteiger partial charge in [0.2, 0.25) is 0 Å². The molecule has 1 aromatic carbocycles. The molecule has 33 heavy (non-hydrogen) atoms. The molecule has 11 nitrogen and oxygen atoms in total. The number of benzene rings is 1. The third-order valence-electron chi connectivity index (χ3n) is 5.96. The summed E-state index contributed by atoms with van der Waals surface area (Å²) in [6, 6.07) is 7.33. The van der Waals surface area contributed by atoms with Crippen molar-refractivity contribution >= 4 is 42.4 Å². The first-order valence-electron chi connectivity index (χ1n) is 10.5. The Morgan fingerprint density at radius 1 is 1.09 bits per heavy atom. The van der Waals surface area contributed by atoms with Gasteiger partial charge in [0.1, 0.15) is 5.52 Å². The first kappa shape index (κ1) is 24.0. The maximum absolute atomic E-state index is 12.9. The molecule has 0 saturated carbocycles. The average Bonchev–Trinajstić information content (AvgIpc) is 3.13. The summed E-state index contributed by atoms with van der Waals surface area (Å²) in [7, 11) is -4.79. The van der Waals surface area contributed by atoms with E-state index in [2.05, 4.69) is 15.1 Å². The topological polar surface area (TPSA) is 144 Å². The zero-order chi connectivity index (χ0) is 24.2. The van der Waals surface area contributed by atoms with E-state index in [9.17, 15) is 21.4 Å². The van der Waals surface area contributed by atoms with Crippen LogP contribution in [-0.4, -0.2) is 84.3 Å². The summed E-state index contributed by atoms with van der Waals surface area (Å²) < 4.78 is 67.1. The van der Waals surface area contributed by atoms with Crippen LogP contribution in [0.1, 0.15) is 18.8 Å². The Balaban J connectivity index is 1.58. The van der Waals surface area contributed by atoms with E-state index in [4.69, 9.17) is 4.18 Å². The van der Waals surface area contributed by atoms with Gasteiger partial charge in [-0.3, -0.25) is 0 Å². The molecule has 4 rings (SSSR count). The van der Waals surface area contributed by atoms with Crippen LogP contribution >= 0.6 is 0 Å². The summed E-state index contributed by atoms with van der Waals surface area (Å²) in [4.78, 5) is 9.16. The molecule has 1 aliphatic heterocycles. The second-order valence-corrected chi connectivity index (χ2v) is 12.5. The largest absolute Gasteiger partial charge is 0.748 e. The van der Waals surface area contributed by atoms with E-state index < -0.39 is 44.1 Å². The fourth-order valence-corrected chi connectivity index (χ4v) is 7.13. The van der Waals surface area contributed by atoms with Gasteiger partial charge in [-0.05, 0) is 26.0 Å². The van der Waals surface area contributed by atoms with E-state index in [1.807, 2.05) is 32.3 Å². The standard InChI is InChI=1S/C20H27N5O6S2/c1-13-19-20(22-18-8-6-5-7-17(18)21-19)24(23-13)14(2)31-33(29,30)12-16-10-25(3,4)9-15(16)11-32(26,27)28/h5-8,14-16H,9-12H2,1-4H3. The number of likely N-dealkylation sites (tertiary alicyclic amines) is 1. The fraction of sp³-hybridized carbons (Fsp3) is 0.550. The summed E-state index contributed by atoms with van der Waals surface area (Å²) in [5.41, 5.74) is 2.90. The van der Waals surface area contributed by atoms with Gasteiger partial charge < -0.3 is 9.04 Å². The molecule has 3 aromatic rings. The minimum Gasteiger partial charge on any atom is -0.748 e. The smallest absolute Gasteiger partial charge is 0.269 e. The lowest BCUT2D eigenvalue weighted by Gasteiger charge is -2.23. The van der Waals surface area contributed by atoms with Crippen LogP contribution in [0.2, 0.25) is 0 Å². The summed E-state index contributed by atoms with van der Waals surface area (Å²) in [5, 5.41) is 4.39. The van der Waals surface area contributed by atoms with Crippen LogP contribution in [0.4, 0.5) is 0 Å². The number of fused-ring (bicyclic) bond motifs is 2. The van der Waals surface area contributed by atoms with Crippen molar-refractivity contribution in [1.82, 2.24) is 19.7 Å². The van der Waals surface area contributed by atoms with Crippen LogP contribution in [-0.2, 0) is 24.4 Å². The van der Waals surface area contributed by atoms with Crippen LogP contribution in [0, 0.1) is 18.8 Å². The molecular formula is C20H27N5O6S2. The van der Waals surface area contributed by atoms with Crippen molar-refractivity contribution < 1.29 is 30.1 Å². The van der Waals surface area contributed by atoms with Crippen molar-refractivity contribution in [3.63, 3.8) is 0 Å². The minimum absolute atomic E-state index is 0.383. The Morgan fingerprint density at radius 3 is 2.27 bits per heavy atom. The number of rotatable bonds is 7.